The van der Waals surface area contributed by atoms with Crippen molar-refractivity contribution < 1.29 is 9.53 Å². The van der Waals surface area contributed by atoms with Gasteiger partial charge >= 0.3 is 0 Å². The summed E-state index contributed by atoms with van der Waals surface area (Å²) in [6.07, 6.45) is 6.50. The molecule has 0 radical (unpaired) electrons. The molecular formula is C16H14ClN5O2. The molecule has 7 nitrogen and oxygen atoms in total. The number of hydrogen-bond acceptors (Lipinski definition) is 5. The maximum Gasteiger partial charge on any atom is 0.262 e. The van der Waals surface area contributed by atoms with E-state index < -0.39 is 0 Å². The third-order valence-corrected chi connectivity index (χ3v) is 3.40. The van der Waals surface area contributed by atoms with Crippen LogP contribution in [0.4, 0.5) is 5.69 Å². The predicted octanol–water partition coefficient (Wildman–Crippen LogP) is 2.64. The monoisotopic (exact) mass is 343 g/mol. The van der Waals surface area contributed by atoms with Crippen LogP contribution in [0.3, 0.4) is 0 Å². The lowest BCUT2D eigenvalue weighted by molar-refractivity contribution is -0.118. The van der Waals surface area contributed by atoms with Crippen molar-refractivity contribution >= 4 is 23.2 Å². The molecule has 0 saturated carbocycles. The zero-order valence-electron chi connectivity index (χ0n) is 12.8. The van der Waals surface area contributed by atoms with E-state index in [4.69, 9.17) is 16.3 Å². The van der Waals surface area contributed by atoms with Gasteiger partial charge in [-0.05, 0) is 31.2 Å². The summed E-state index contributed by atoms with van der Waals surface area (Å²) in [5, 5.41) is 3.28. The van der Waals surface area contributed by atoms with Crippen molar-refractivity contribution in [1.29, 1.82) is 0 Å². The first-order valence-corrected chi connectivity index (χ1v) is 7.50. The molecule has 0 spiro atoms. The molecule has 2 heterocycles. The van der Waals surface area contributed by atoms with E-state index in [1.165, 1.54) is 12.4 Å². The number of nitrogens with zero attached hydrogens (tertiary/aromatic N) is 4. The molecule has 0 bridgehead atoms. The summed E-state index contributed by atoms with van der Waals surface area (Å²) in [4.78, 5) is 24.4. The molecule has 0 unspecified atom stereocenters. The van der Waals surface area contributed by atoms with Crippen LogP contribution >= 0.6 is 11.6 Å². The lowest BCUT2D eigenvalue weighted by Crippen LogP contribution is -2.20. The van der Waals surface area contributed by atoms with Gasteiger partial charge < -0.3 is 10.1 Å². The van der Waals surface area contributed by atoms with Crippen LogP contribution in [0.5, 0.6) is 5.75 Å². The minimum Gasteiger partial charge on any atom is -0.484 e. The summed E-state index contributed by atoms with van der Waals surface area (Å²) in [6, 6.07) is 6.78. The normalized spacial score (nSPS) is 10.4. The van der Waals surface area contributed by atoms with Crippen LogP contribution < -0.4 is 10.1 Å². The predicted molar refractivity (Wildman–Crippen MR) is 89.5 cm³/mol. The number of rotatable bonds is 5. The van der Waals surface area contributed by atoms with E-state index in [1.54, 1.807) is 41.2 Å². The van der Waals surface area contributed by atoms with Gasteiger partial charge in [-0.3, -0.25) is 9.36 Å². The highest BCUT2D eigenvalue weighted by atomic mass is 35.5. The van der Waals surface area contributed by atoms with Crippen molar-refractivity contribution in [2.45, 2.75) is 6.92 Å². The molecule has 0 saturated heterocycles. The Morgan fingerprint density at radius 1 is 1.21 bits per heavy atom. The lowest BCUT2D eigenvalue weighted by atomic mass is 10.3. The molecule has 1 aromatic carbocycles. The van der Waals surface area contributed by atoms with E-state index in [9.17, 15) is 4.79 Å². The first-order valence-electron chi connectivity index (χ1n) is 7.12. The smallest absolute Gasteiger partial charge is 0.262 e. The molecule has 3 aromatic rings. The van der Waals surface area contributed by atoms with Gasteiger partial charge in [0.05, 0.1) is 18.1 Å². The number of amides is 1. The molecule has 0 atom stereocenters. The topological polar surface area (TPSA) is 81.9 Å². The molecule has 2 aromatic heterocycles. The van der Waals surface area contributed by atoms with Crippen molar-refractivity contribution in [3.63, 3.8) is 0 Å². The molecule has 8 heteroatoms. The van der Waals surface area contributed by atoms with Gasteiger partial charge in [-0.15, -0.1) is 0 Å². The zero-order valence-corrected chi connectivity index (χ0v) is 13.6. The largest absolute Gasteiger partial charge is 0.484 e. The Morgan fingerprint density at radius 3 is 2.54 bits per heavy atom. The van der Waals surface area contributed by atoms with Crippen LogP contribution in [0.1, 0.15) is 5.82 Å². The second-order valence-electron chi connectivity index (χ2n) is 4.91. The molecule has 1 N–H and O–H groups in total. The van der Waals surface area contributed by atoms with Gasteiger partial charge in [0.25, 0.3) is 5.91 Å². The van der Waals surface area contributed by atoms with Crippen LogP contribution in [-0.2, 0) is 4.79 Å². The number of benzene rings is 1. The molecule has 1 amide bonds. The SMILES string of the molecule is Cc1nccn1-c1ncc(NC(=O)COc2ccc(Cl)cc2)cn1. The summed E-state index contributed by atoms with van der Waals surface area (Å²) in [7, 11) is 0. The van der Waals surface area contributed by atoms with Gasteiger partial charge in [-0.1, -0.05) is 11.6 Å². The number of aryl methyl sites for hydroxylation is 1. The molecule has 0 aliphatic heterocycles. The van der Waals surface area contributed by atoms with Gasteiger partial charge in [0, 0.05) is 17.4 Å². The third-order valence-electron chi connectivity index (χ3n) is 3.15. The summed E-state index contributed by atoms with van der Waals surface area (Å²) >= 11 is 5.79. The van der Waals surface area contributed by atoms with E-state index in [-0.39, 0.29) is 12.5 Å². The van der Waals surface area contributed by atoms with Crippen molar-refractivity contribution in [3.05, 3.63) is 59.9 Å². The van der Waals surface area contributed by atoms with E-state index in [1.807, 2.05) is 6.92 Å². The standard InChI is InChI=1S/C16H14ClN5O2/c1-11-18-6-7-22(11)16-19-8-13(9-20-16)21-15(23)10-24-14-4-2-12(17)3-5-14/h2-9H,10H2,1H3,(H,21,23). The summed E-state index contributed by atoms with van der Waals surface area (Å²) in [5.74, 6) is 1.53. The van der Waals surface area contributed by atoms with Gasteiger partial charge in [0.1, 0.15) is 11.6 Å². The quantitative estimate of drug-likeness (QED) is 0.770. The average Bonchev–Trinajstić information content (AvgIpc) is 3.01. The fourth-order valence-electron chi connectivity index (χ4n) is 1.98. The lowest BCUT2D eigenvalue weighted by Gasteiger charge is -2.08. The van der Waals surface area contributed by atoms with Crippen molar-refractivity contribution in [1.82, 2.24) is 19.5 Å². The number of aromatic nitrogens is 4. The second kappa shape index (κ2) is 7.10. The van der Waals surface area contributed by atoms with Crippen molar-refractivity contribution in [2.75, 3.05) is 11.9 Å². The number of imidazole rings is 1. The van der Waals surface area contributed by atoms with Crippen molar-refractivity contribution in [3.8, 4) is 11.7 Å². The summed E-state index contributed by atoms with van der Waals surface area (Å²) in [5.41, 5.74) is 0.487. The number of hydrogen-bond donors (Lipinski definition) is 1. The Kier molecular flexibility index (Phi) is 4.72. The van der Waals surface area contributed by atoms with Gasteiger partial charge in [0.2, 0.25) is 5.95 Å². The molecule has 122 valence electrons. The Labute approximate surface area is 143 Å². The van der Waals surface area contributed by atoms with E-state index >= 15 is 0 Å². The Morgan fingerprint density at radius 2 is 1.92 bits per heavy atom. The van der Waals surface area contributed by atoms with Gasteiger partial charge in [0.15, 0.2) is 6.61 Å². The van der Waals surface area contributed by atoms with Gasteiger partial charge in [-0.25, -0.2) is 15.0 Å². The van der Waals surface area contributed by atoms with Crippen LogP contribution in [0, 0.1) is 6.92 Å². The summed E-state index contributed by atoms with van der Waals surface area (Å²) in [6.45, 7) is 1.73. The van der Waals surface area contributed by atoms with Crippen LogP contribution in [0.25, 0.3) is 5.95 Å². The highest BCUT2D eigenvalue weighted by molar-refractivity contribution is 6.30. The Balaban J connectivity index is 1.56. The molecular weight excluding hydrogens is 330 g/mol. The summed E-state index contributed by atoms with van der Waals surface area (Å²) < 4.78 is 7.11. The molecule has 24 heavy (non-hydrogen) atoms. The molecule has 0 fully saturated rings. The number of ether oxygens (including phenoxy) is 1. The highest BCUT2D eigenvalue weighted by Crippen LogP contribution is 2.15. The number of nitrogens with one attached hydrogen (secondary N) is 1. The fourth-order valence-corrected chi connectivity index (χ4v) is 2.10. The highest BCUT2D eigenvalue weighted by Gasteiger charge is 2.07. The van der Waals surface area contributed by atoms with Gasteiger partial charge in [-0.2, -0.15) is 0 Å². The number of carbonyl (C=O) groups excluding carboxylic acids is 1. The Hall–Kier alpha value is -2.93. The van der Waals surface area contributed by atoms with Crippen LogP contribution in [0.15, 0.2) is 49.1 Å². The maximum absolute atomic E-state index is 11.9. The first-order chi connectivity index (χ1) is 11.6. The number of anilines is 1. The Bertz CT molecular complexity index is 830. The molecule has 0 aliphatic carbocycles. The van der Waals surface area contributed by atoms with E-state index in [0.717, 1.165) is 5.82 Å². The second-order valence-corrected chi connectivity index (χ2v) is 5.34. The van der Waals surface area contributed by atoms with Crippen LogP contribution in [-0.4, -0.2) is 32.0 Å². The number of halogens is 1. The van der Waals surface area contributed by atoms with E-state index in [2.05, 4.69) is 20.3 Å². The molecule has 0 aliphatic rings. The zero-order chi connectivity index (χ0) is 16.9. The van der Waals surface area contributed by atoms with E-state index in [0.29, 0.717) is 22.4 Å². The minimum atomic E-state index is -0.305. The first kappa shape index (κ1) is 15.9. The molecule has 3 rings (SSSR count). The minimum absolute atomic E-state index is 0.121. The maximum atomic E-state index is 11.9. The third kappa shape index (κ3) is 3.88. The van der Waals surface area contributed by atoms with Crippen LogP contribution in [0.2, 0.25) is 5.02 Å². The number of carbonyl (C=O) groups is 1. The average molecular weight is 344 g/mol. The van der Waals surface area contributed by atoms with Crippen molar-refractivity contribution in [2.24, 2.45) is 0 Å². The fraction of sp³-hybridized carbons (Fsp3) is 0.125.